The second kappa shape index (κ2) is 32.3. The lowest BCUT2D eigenvalue weighted by molar-refractivity contribution is -0.141. The summed E-state index contributed by atoms with van der Waals surface area (Å²) in [4.78, 5) is 20.5. The van der Waals surface area contributed by atoms with E-state index in [1.807, 2.05) is 0 Å². The van der Waals surface area contributed by atoms with Crippen LogP contribution in [0.1, 0.15) is 124 Å². The van der Waals surface area contributed by atoms with Crippen molar-refractivity contribution in [1.82, 2.24) is 0 Å². The van der Waals surface area contributed by atoms with Crippen molar-refractivity contribution in [2.24, 2.45) is 0 Å². The van der Waals surface area contributed by atoms with Gasteiger partial charge in [-0.1, -0.05) is 94.6 Å². The van der Waals surface area contributed by atoms with Crippen molar-refractivity contribution in [3.8, 4) is 0 Å². The highest BCUT2D eigenvalue weighted by atomic mass is 16.5. The topological polar surface area (TPSA) is 43.4 Å². The Kier molecular flexibility index (Phi) is 32.5. The fraction of sp³-hybridized carbons (Fsp3) is 0.667. The van der Waals surface area contributed by atoms with Crippen molar-refractivity contribution >= 4 is 12.3 Å². The Bertz CT molecular complexity index is 515. The number of carbonyl (C=O) groups is 2. The lowest BCUT2D eigenvalue weighted by atomic mass is 10.1. The van der Waals surface area contributed by atoms with Crippen molar-refractivity contribution in [3.63, 3.8) is 0 Å². The molecule has 0 unspecified atom stereocenters. The monoisotopic (exact) mass is 460 g/mol. The summed E-state index contributed by atoms with van der Waals surface area (Å²) in [7, 11) is 0. The van der Waals surface area contributed by atoms with E-state index in [0.717, 1.165) is 44.8 Å². The molecule has 3 heteroatoms. The maximum absolute atomic E-state index is 10.5. The zero-order valence-corrected chi connectivity index (χ0v) is 21.9. The quantitative estimate of drug-likeness (QED) is 0.0563. The highest BCUT2D eigenvalue weighted by Crippen LogP contribution is 2.04. The summed E-state index contributed by atoms with van der Waals surface area (Å²) >= 11 is 0. The van der Waals surface area contributed by atoms with E-state index in [-0.39, 0.29) is 5.97 Å². The highest BCUT2D eigenvalue weighted by Gasteiger charge is 1.91. The third kappa shape index (κ3) is 37.7. The van der Waals surface area contributed by atoms with Gasteiger partial charge in [0.1, 0.15) is 6.29 Å². The van der Waals surface area contributed by atoms with Crippen LogP contribution in [0.5, 0.6) is 0 Å². The summed E-state index contributed by atoms with van der Waals surface area (Å²) in [6, 6.07) is 0. The third-order valence-corrected chi connectivity index (χ3v) is 4.93. The number of hydrogen-bond acceptors (Lipinski definition) is 3. The van der Waals surface area contributed by atoms with E-state index in [2.05, 4.69) is 62.5 Å². The van der Waals surface area contributed by atoms with Gasteiger partial charge in [0.05, 0.1) is 6.61 Å². The second-order valence-electron chi connectivity index (χ2n) is 8.30. The standard InChI is InChI=1S/C16H28O.C14H24O2/c1-2-3-4-5-6-7-8-9-10-11-12-13-14-15-16-17;1-3-4-5-6-7-8-9-10-11-12-13-16-14(2)15/h5-6,9-10,16H,2-4,7-8,11-15H2,1H3;6-9H,3-5,10-13H2,1-2H3/b6-5-,10-9-;7-6+,9-8+. The summed E-state index contributed by atoms with van der Waals surface area (Å²) in [5.41, 5.74) is 0. The smallest absolute Gasteiger partial charge is 0.302 e. The van der Waals surface area contributed by atoms with Gasteiger partial charge in [0.2, 0.25) is 0 Å². The summed E-state index contributed by atoms with van der Waals surface area (Å²) in [6.07, 6.45) is 37.0. The molecular weight excluding hydrogens is 408 g/mol. The Morgan fingerprint density at radius 1 is 0.576 bits per heavy atom. The number of hydrogen-bond donors (Lipinski definition) is 0. The first-order chi connectivity index (χ1) is 16.2. The van der Waals surface area contributed by atoms with Crippen LogP contribution in [0, 0.1) is 0 Å². The van der Waals surface area contributed by atoms with E-state index >= 15 is 0 Å². The zero-order chi connectivity index (χ0) is 24.7. The lowest BCUT2D eigenvalue weighted by Crippen LogP contribution is -1.99. The molecule has 0 amide bonds. The van der Waals surface area contributed by atoms with Gasteiger partial charge in [0.15, 0.2) is 0 Å². The predicted octanol–water partition coefficient (Wildman–Crippen LogP) is 9.24. The SMILES string of the molecule is CCCC/C=C/C=C/CCCCOC(C)=O.CCCC/C=C\CC/C=C\CCCCCC=O. The van der Waals surface area contributed by atoms with Gasteiger partial charge in [-0.3, -0.25) is 4.79 Å². The van der Waals surface area contributed by atoms with Gasteiger partial charge in [-0.15, -0.1) is 0 Å². The van der Waals surface area contributed by atoms with Crippen LogP contribution in [0.3, 0.4) is 0 Å². The van der Waals surface area contributed by atoms with Gasteiger partial charge in [0, 0.05) is 13.3 Å². The van der Waals surface area contributed by atoms with E-state index in [1.165, 1.54) is 71.1 Å². The molecule has 0 heterocycles. The first kappa shape index (κ1) is 33.3. The largest absolute Gasteiger partial charge is 0.466 e. The molecular formula is C30H52O3. The molecule has 0 aliphatic carbocycles. The maximum Gasteiger partial charge on any atom is 0.302 e. The highest BCUT2D eigenvalue weighted by molar-refractivity contribution is 5.65. The van der Waals surface area contributed by atoms with Crippen LogP contribution in [0.4, 0.5) is 0 Å². The minimum Gasteiger partial charge on any atom is -0.466 e. The molecule has 0 radical (unpaired) electrons. The number of aldehydes is 1. The average molecular weight is 461 g/mol. The van der Waals surface area contributed by atoms with E-state index in [0.29, 0.717) is 6.61 Å². The molecule has 0 saturated heterocycles. The number of unbranched alkanes of at least 4 members (excludes halogenated alkanes) is 11. The Morgan fingerprint density at radius 2 is 1.03 bits per heavy atom. The Hall–Kier alpha value is -1.90. The first-order valence-corrected chi connectivity index (χ1v) is 13.4. The van der Waals surface area contributed by atoms with Gasteiger partial charge in [-0.25, -0.2) is 0 Å². The Balaban J connectivity index is 0. The summed E-state index contributed by atoms with van der Waals surface area (Å²) in [5.74, 6) is -0.186. The summed E-state index contributed by atoms with van der Waals surface area (Å²) < 4.78 is 4.84. The van der Waals surface area contributed by atoms with Gasteiger partial charge in [-0.05, 0) is 64.2 Å². The fourth-order valence-electron chi connectivity index (χ4n) is 2.90. The van der Waals surface area contributed by atoms with Crippen LogP contribution in [0.2, 0.25) is 0 Å². The van der Waals surface area contributed by atoms with Gasteiger partial charge in [0.25, 0.3) is 0 Å². The maximum atomic E-state index is 10.5. The van der Waals surface area contributed by atoms with Gasteiger partial charge in [-0.2, -0.15) is 0 Å². The summed E-state index contributed by atoms with van der Waals surface area (Å²) in [6.45, 7) is 6.43. The lowest BCUT2D eigenvalue weighted by Gasteiger charge is -1.98. The van der Waals surface area contributed by atoms with Crippen molar-refractivity contribution < 1.29 is 14.3 Å². The molecule has 0 aromatic heterocycles. The molecule has 0 aliphatic heterocycles. The molecule has 0 aliphatic rings. The van der Waals surface area contributed by atoms with Crippen LogP contribution in [-0.2, 0) is 14.3 Å². The first-order valence-electron chi connectivity index (χ1n) is 13.4. The van der Waals surface area contributed by atoms with E-state index in [1.54, 1.807) is 0 Å². The minimum atomic E-state index is -0.186. The van der Waals surface area contributed by atoms with Crippen LogP contribution in [0.15, 0.2) is 48.6 Å². The van der Waals surface area contributed by atoms with E-state index < -0.39 is 0 Å². The predicted molar refractivity (Wildman–Crippen MR) is 144 cm³/mol. The van der Waals surface area contributed by atoms with Crippen LogP contribution < -0.4 is 0 Å². The number of ether oxygens (including phenoxy) is 1. The molecule has 0 spiro atoms. The summed E-state index contributed by atoms with van der Waals surface area (Å²) in [5, 5.41) is 0. The minimum absolute atomic E-state index is 0.186. The molecule has 0 saturated carbocycles. The molecule has 0 N–H and O–H groups in total. The molecule has 0 aromatic carbocycles. The van der Waals surface area contributed by atoms with Crippen molar-refractivity contribution in [2.45, 2.75) is 124 Å². The number of rotatable bonds is 21. The average Bonchev–Trinajstić information content (AvgIpc) is 2.81. The van der Waals surface area contributed by atoms with Crippen LogP contribution in [-0.4, -0.2) is 18.9 Å². The number of esters is 1. The van der Waals surface area contributed by atoms with Crippen LogP contribution >= 0.6 is 0 Å². The van der Waals surface area contributed by atoms with E-state index in [4.69, 9.17) is 4.74 Å². The molecule has 3 nitrogen and oxygen atoms in total. The molecule has 33 heavy (non-hydrogen) atoms. The third-order valence-electron chi connectivity index (χ3n) is 4.93. The fourth-order valence-corrected chi connectivity index (χ4v) is 2.90. The van der Waals surface area contributed by atoms with Gasteiger partial charge < -0.3 is 9.53 Å². The Labute approximate surface area is 205 Å². The molecule has 0 atom stereocenters. The zero-order valence-electron chi connectivity index (χ0n) is 21.9. The number of allylic oxidation sites excluding steroid dienone is 8. The normalized spacial score (nSPS) is 11.5. The second-order valence-corrected chi connectivity index (χ2v) is 8.30. The van der Waals surface area contributed by atoms with Crippen molar-refractivity contribution in [1.29, 1.82) is 0 Å². The van der Waals surface area contributed by atoms with E-state index in [9.17, 15) is 9.59 Å². The van der Waals surface area contributed by atoms with Gasteiger partial charge >= 0.3 is 5.97 Å². The van der Waals surface area contributed by atoms with Crippen LogP contribution in [0.25, 0.3) is 0 Å². The molecule has 0 aromatic rings. The Morgan fingerprint density at radius 3 is 1.58 bits per heavy atom. The molecule has 190 valence electrons. The molecule has 0 fully saturated rings. The number of carbonyl (C=O) groups excluding carboxylic acids is 2. The van der Waals surface area contributed by atoms with Crippen molar-refractivity contribution in [2.75, 3.05) is 6.61 Å². The molecule has 0 bridgehead atoms. The molecule has 0 rings (SSSR count). The van der Waals surface area contributed by atoms with Crippen molar-refractivity contribution in [3.05, 3.63) is 48.6 Å².